The summed E-state index contributed by atoms with van der Waals surface area (Å²) in [5.74, 6) is -0.458. The van der Waals surface area contributed by atoms with Gasteiger partial charge in [-0.15, -0.1) is 0 Å². The van der Waals surface area contributed by atoms with Crippen molar-refractivity contribution in [1.29, 1.82) is 0 Å². The summed E-state index contributed by atoms with van der Waals surface area (Å²) in [7, 11) is 0.356. The summed E-state index contributed by atoms with van der Waals surface area (Å²) in [6, 6.07) is 5.02. The maximum atomic E-state index is 15.1. The van der Waals surface area contributed by atoms with Crippen LogP contribution in [0.15, 0.2) is 23.9 Å². The Morgan fingerprint density at radius 3 is 2.35 bits per heavy atom. The van der Waals surface area contributed by atoms with Crippen LogP contribution >= 0.6 is 11.6 Å². The number of amides is 1. The summed E-state index contributed by atoms with van der Waals surface area (Å²) in [6.45, 7) is 7.33. The molecule has 1 saturated heterocycles. The fourth-order valence-corrected chi connectivity index (χ4v) is 3.04. The van der Waals surface area contributed by atoms with Gasteiger partial charge in [-0.1, -0.05) is 23.7 Å². The summed E-state index contributed by atoms with van der Waals surface area (Å²) in [5, 5.41) is 0.398. The van der Waals surface area contributed by atoms with Crippen molar-refractivity contribution in [2.75, 3.05) is 11.9 Å². The van der Waals surface area contributed by atoms with E-state index in [9.17, 15) is 4.79 Å². The summed E-state index contributed by atoms with van der Waals surface area (Å²) >= 11 is 6.15. The minimum Gasteiger partial charge on any atom is -0.398 e. The van der Waals surface area contributed by atoms with Gasteiger partial charge in [0.15, 0.2) is 0 Å². The van der Waals surface area contributed by atoms with Gasteiger partial charge in [-0.25, -0.2) is 4.39 Å². The second-order valence-electron chi connectivity index (χ2n) is 6.81. The molecule has 3 rings (SSSR count). The number of anilines is 1. The monoisotopic (exact) mass is 337 g/mol. The molecular formula is C16H18BClFNO3. The Kier molecular flexibility index (Phi) is 3.63. The third-order valence-electron chi connectivity index (χ3n) is 4.81. The average molecular weight is 338 g/mol. The third kappa shape index (κ3) is 2.32. The van der Waals surface area contributed by atoms with Crippen molar-refractivity contribution in [2.24, 2.45) is 0 Å². The van der Waals surface area contributed by atoms with E-state index < -0.39 is 30.0 Å². The number of fused-ring (bicyclic) bond motifs is 1. The van der Waals surface area contributed by atoms with Gasteiger partial charge in [0, 0.05) is 12.6 Å². The molecule has 2 aliphatic heterocycles. The minimum absolute atomic E-state index is 0.0523. The van der Waals surface area contributed by atoms with Gasteiger partial charge >= 0.3 is 7.12 Å². The van der Waals surface area contributed by atoms with Crippen molar-refractivity contribution < 1.29 is 18.5 Å². The summed E-state index contributed by atoms with van der Waals surface area (Å²) in [5.41, 5.74) is -1.18. The lowest BCUT2D eigenvalue weighted by molar-refractivity contribution is -0.112. The zero-order valence-electron chi connectivity index (χ0n) is 13.7. The Morgan fingerprint density at radius 2 is 1.78 bits per heavy atom. The van der Waals surface area contributed by atoms with E-state index in [0.717, 1.165) is 0 Å². The van der Waals surface area contributed by atoms with Crippen LogP contribution in [0.5, 0.6) is 0 Å². The molecule has 0 saturated carbocycles. The number of para-hydroxylation sites is 1. The van der Waals surface area contributed by atoms with E-state index >= 15 is 4.39 Å². The molecule has 1 aromatic carbocycles. The summed E-state index contributed by atoms with van der Waals surface area (Å²) in [4.78, 5) is 13.8. The molecular weight excluding hydrogens is 319 g/mol. The van der Waals surface area contributed by atoms with Crippen LogP contribution in [0.4, 0.5) is 10.1 Å². The lowest BCUT2D eigenvalue weighted by Crippen LogP contribution is -2.41. The van der Waals surface area contributed by atoms with Crippen LogP contribution in [-0.4, -0.2) is 31.3 Å². The van der Waals surface area contributed by atoms with E-state index in [1.54, 1.807) is 25.2 Å². The van der Waals surface area contributed by atoms with Gasteiger partial charge in [-0.2, -0.15) is 0 Å². The lowest BCUT2D eigenvalue weighted by atomic mass is 9.83. The Bertz CT molecular complexity index is 716. The fraction of sp³-hybridized carbons (Fsp3) is 0.438. The van der Waals surface area contributed by atoms with E-state index in [2.05, 4.69) is 0 Å². The number of halogens is 2. The Hall–Kier alpha value is -1.37. The Balaban J connectivity index is 2.10. The Labute approximate surface area is 140 Å². The standard InChI is InChI=1S/C16H18BClFNO3/c1-15(2)16(3,4)23-17(22-15)13(19)11-9-7-6-8-10(18)12(9)20(5)14(11)21/h6-8H,1-5H3. The highest BCUT2D eigenvalue weighted by Gasteiger charge is 2.54. The number of carbonyl (C=O) groups is 1. The molecule has 7 heteroatoms. The molecule has 0 atom stereocenters. The topological polar surface area (TPSA) is 38.8 Å². The van der Waals surface area contributed by atoms with E-state index in [1.807, 2.05) is 27.7 Å². The van der Waals surface area contributed by atoms with Crippen LogP contribution in [0.25, 0.3) is 5.57 Å². The van der Waals surface area contributed by atoms with Crippen LogP contribution in [0.1, 0.15) is 33.3 Å². The number of benzene rings is 1. The zero-order valence-corrected chi connectivity index (χ0v) is 14.5. The quantitative estimate of drug-likeness (QED) is 0.580. The molecule has 0 aliphatic carbocycles. The molecule has 4 nitrogen and oxygen atoms in total. The largest absolute Gasteiger partial charge is 0.526 e. The predicted molar refractivity (Wildman–Crippen MR) is 89.0 cm³/mol. The van der Waals surface area contributed by atoms with Gasteiger partial charge in [0.25, 0.3) is 5.91 Å². The number of hydrogen-bond acceptors (Lipinski definition) is 3. The second-order valence-corrected chi connectivity index (χ2v) is 7.22. The molecule has 0 aromatic heterocycles. The molecule has 23 heavy (non-hydrogen) atoms. The molecule has 0 unspecified atom stereocenters. The van der Waals surface area contributed by atoms with Crippen molar-refractivity contribution in [3.05, 3.63) is 34.5 Å². The van der Waals surface area contributed by atoms with Gasteiger partial charge in [0.1, 0.15) is 5.73 Å². The highest BCUT2D eigenvalue weighted by Crippen LogP contribution is 2.45. The van der Waals surface area contributed by atoms with Crippen LogP contribution in [-0.2, 0) is 14.1 Å². The number of likely N-dealkylation sites (N-methyl/N-ethyl adjacent to an activating group) is 1. The molecule has 1 aromatic rings. The molecule has 1 amide bonds. The first-order valence-electron chi connectivity index (χ1n) is 7.39. The van der Waals surface area contributed by atoms with E-state index in [4.69, 9.17) is 20.9 Å². The van der Waals surface area contributed by atoms with Crippen molar-refractivity contribution in [2.45, 2.75) is 38.9 Å². The van der Waals surface area contributed by atoms with Crippen molar-refractivity contribution in [1.82, 2.24) is 0 Å². The maximum Gasteiger partial charge on any atom is 0.526 e. The number of carbonyl (C=O) groups excluding carboxylic acids is 1. The third-order valence-corrected chi connectivity index (χ3v) is 5.11. The van der Waals surface area contributed by atoms with Crippen LogP contribution < -0.4 is 4.90 Å². The van der Waals surface area contributed by atoms with Gasteiger partial charge in [-0.3, -0.25) is 4.79 Å². The van der Waals surface area contributed by atoms with E-state index in [1.165, 1.54) is 4.90 Å². The van der Waals surface area contributed by atoms with E-state index in [0.29, 0.717) is 16.3 Å². The first kappa shape index (κ1) is 16.5. The van der Waals surface area contributed by atoms with Gasteiger partial charge < -0.3 is 14.2 Å². The summed E-state index contributed by atoms with van der Waals surface area (Å²) < 4.78 is 26.5. The molecule has 2 heterocycles. The van der Waals surface area contributed by atoms with Crippen LogP contribution in [0, 0.1) is 0 Å². The SMILES string of the molecule is CN1C(=O)C(=C(F)B2OC(C)(C)C(C)(C)O2)c2cccc(Cl)c21. The van der Waals surface area contributed by atoms with Gasteiger partial charge in [0.2, 0.25) is 0 Å². The lowest BCUT2D eigenvalue weighted by Gasteiger charge is -2.32. The first-order chi connectivity index (χ1) is 10.6. The zero-order chi connectivity index (χ0) is 17.2. The number of hydrogen-bond donors (Lipinski definition) is 0. The predicted octanol–water partition coefficient (Wildman–Crippen LogP) is 3.63. The minimum atomic E-state index is -1.21. The first-order valence-corrected chi connectivity index (χ1v) is 7.77. The molecule has 0 N–H and O–H groups in total. The van der Waals surface area contributed by atoms with Crippen LogP contribution in [0.3, 0.4) is 0 Å². The fourth-order valence-electron chi connectivity index (χ4n) is 2.74. The highest BCUT2D eigenvalue weighted by atomic mass is 35.5. The Morgan fingerprint density at radius 1 is 1.22 bits per heavy atom. The second kappa shape index (κ2) is 5.06. The van der Waals surface area contributed by atoms with Crippen molar-refractivity contribution in [3.63, 3.8) is 0 Å². The van der Waals surface area contributed by atoms with E-state index in [-0.39, 0.29) is 5.57 Å². The smallest absolute Gasteiger partial charge is 0.398 e. The highest BCUT2D eigenvalue weighted by molar-refractivity contribution is 6.58. The van der Waals surface area contributed by atoms with Crippen molar-refractivity contribution >= 4 is 35.9 Å². The number of nitrogens with zero attached hydrogens (tertiary/aromatic N) is 1. The molecule has 1 fully saturated rings. The maximum absolute atomic E-state index is 15.1. The molecule has 122 valence electrons. The van der Waals surface area contributed by atoms with Gasteiger partial charge in [0.05, 0.1) is 27.5 Å². The summed E-state index contributed by atoms with van der Waals surface area (Å²) in [6.07, 6.45) is 0. The number of rotatable bonds is 1. The molecule has 0 bridgehead atoms. The molecule has 2 aliphatic rings. The average Bonchev–Trinajstić information content (AvgIpc) is 2.82. The normalized spacial score (nSPS) is 24.2. The van der Waals surface area contributed by atoms with Crippen LogP contribution in [0.2, 0.25) is 5.02 Å². The van der Waals surface area contributed by atoms with Crippen molar-refractivity contribution in [3.8, 4) is 0 Å². The molecule has 0 spiro atoms. The van der Waals surface area contributed by atoms with Gasteiger partial charge in [-0.05, 0) is 33.8 Å². The molecule has 0 radical (unpaired) electrons.